The first-order valence-electron chi connectivity index (χ1n) is 5.33. The third-order valence-corrected chi connectivity index (χ3v) is 2.53. The molecule has 0 atom stereocenters. The Labute approximate surface area is 98.2 Å². The van der Waals surface area contributed by atoms with E-state index in [0.29, 0.717) is 17.3 Å². The second-order valence-electron chi connectivity index (χ2n) is 3.63. The first-order chi connectivity index (χ1) is 8.19. The summed E-state index contributed by atoms with van der Waals surface area (Å²) in [4.78, 5) is 22.7. The summed E-state index contributed by atoms with van der Waals surface area (Å²) in [6.45, 7) is 3.80. The van der Waals surface area contributed by atoms with E-state index in [1.165, 1.54) is 0 Å². The quantitative estimate of drug-likeness (QED) is 0.603. The summed E-state index contributed by atoms with van der Waals surface area (Å²) in [6.07, 6.45) is 0.623. The molecule has 0 aliphatic rings. The van der Waals surface area contributed by atoms with Crippen LogP contribution in [0.15, 0.2) is 22.6 Å². The molecule has 0 unspecified atom stereocenters. The lowest BCUT2D eigenvalue weighted by atomic mass is 10.1. The lowest BCUT2D eigenvalue weighted by molar-refractivity contribution is 0.0490. The van der Waals surface area contributed by atoms with E-state index >= 15 is 0 Å². The van der Waals surface area contributed by atoms with Crippen LogP contribution in [-0.2, 0) is 4.74 Å². The number of aryl methyl sites for hydroxylation is 1. The molecule has 0 saturated carbocycles. The molecular formula is C13H12O4. The molecule has 2 aromatic rings. The molecule has 1 aromatic heterocycles. The maximum absolute atomic E-state index is 11.6. The molecule has 0 aliphatic heterocycles. The van der Waals surface area contributed by atoms with Gasteiger partial charge in [-0.15, -0.1) is 0 Å². The Kier molecular flexibility index (Phi) is 2.95. The van der Waals surface area contributed by atoms with Gasteiger partial charge < -0.3 is 9.15 Å². The lowest BCUT2D eigenvalue weighted by Crippen LogP contribution is -2.05. The first kappa shape index (κ1) is 11.4. The minimum absolute atomic E-state index is 0.0221. The summed E-state index contributed by atoms with van der Waals surface area (Å²) in [6, 6.07) is 5.42. The summed E-state index contributed by atoms with van der Waals surface area (Å²) in [5.41, 5.74) is 1.68. The van der Waals surface area contributed by atoms with Gasteiger partial charge in [0.15, 0.2) is 6.29 Å². The highest BCUT2D eigenvalue weighted by atomic mass is 16.5. The maximum atomic E-state index is 11.6. The molecular weight excluding hydrogens is 220 g/mol. The van der Waals surface area contributed by atoms with Gasteiger partial charge in [0.1, 0.15) is 5.58 Å². The van der Waals surface area contributed by atoms with E-state index in [9.17, 15) is 9.59 Å². The van der Waals surface area contributed by atoms with E-state index in [4.69, 9.17) is 9.15 Å². The van der Waals surface area contributed by atoms with Crippen molar-refractivity contribution in [1.82, 2.24) is 0 Å². The topological polar surface area (TPSA) is 56.5 Å². The number of rotatable bonds is 3. The number of carbonyl (C=O) groups is 2. The summed E-state index contributed by atoms with van der Waals surface area (Å²) >= 11 is 0. The van der Waals surface area contributed by atoms with Crippen molar-refractivity contribution in [2.24, 2.45) is 0 Å². The number of ether oxygens (including phenoxy) is 1. The van der Waals surface area contributed by atoms with Crippen LogP contribution >= 0.6 is 0 Å². The van der Waals surface area contributed by atoms with Crippen LogP contribution in [0, 0.1) is 6.92 Å². The normalized spacial score (nSPS) is 10.5. The number of esters is 1. The van der Waals surface area contributed by atoms with E-state index in [0.717, 1.165) is 5.56 Å². The van der Waals surface area contributed by atoms with E-state index < -0.39 is 5.97 Å². The van der Waals surface area contributed by atoms with Crippen molar-refractivity contribution in [2.75, 3.05) is 6.61 Å². The van der Waals surface area contributed by atoms with Gasteiger partial charge in [-0.1, -0.05) is 18.2 Å². The van der Waals surface area contributed by atoms with Gasteiger partial charge in [0.25, 0.3) is 0 Å². The average Bonchev–Trinajstić information content (AvgIpc) is 2.69. The van der Waals surface area contributed by atoms with Crippen molar-refractivity contribution in [3.05, 3.63) is 35.1 Å². The zero-order chi connectivity index (χ0) is 12.4. The Bertz CT molecular complexity index is 580. The molecule has 0 N–H and O–H groups in total. The molecule has 0 saturated heterocycles. The zero-order valence-electron chi connectivity index (χ0n) is 9.65. The van der Waals surface area contributed by atoms with Gasteiger partial charge >= 0.3 is 5.97 Å². The molecule has 0 radical (unpaired) electrons. The first-order valence-corrected chi connectivity index (χ1v) is 5.33. The van der Waals surface area contributed by atoms with Crippen LogP contribution in [0.5, 0.6) is 0 Å². The minimum Gasteiger partial charge on any atom is -0.460 e. The Morgan fingerprint density at radius 3 is 2.88 bits per heavy atom. The fourth-order valence-electron chi connectivity index (χ4n) is 1.74. The largest absolute Gasteiger partial charge is 0.460 e. The number of hydrogen-bond donors (Lipinski definition) is 0. The number of carbonyl (C=O) groups excluding carboxylic acids is 2. The number of fused-ring (bicyclic) bond motifs is 1. The molecule has 88 valence electrons. The predicted octanol–water partition coefficient (Wildman–Crippen LogP) is 2.73. The van der Waals surface area contributed by atoms with Crippen LogP contribution in [0.1, 0.15) is 33.4 Å². The number of benzene rings is 1. The Morgan fingerprint density at radius 2 is 2.24 bits per heavy atom. The van der Waals surface area contributed by atoms with Crippen molar-refractivity contribution < 1.29 is 18.7 Å². The van der Waals surface area contributed by atoms with E-state index in [1.54, 1.807) is 13.0 Å². The van der Waals surface area contributed by atoms with Crippen LogP contribution in [0.3, 0.4) is 0 Å². The van der Waals surface area contributed by atoms with Crippen molar-refractivity contribution in [3.63, 3.8) is 0 Å². The van der Waals surface area contributed by atoms with Gasteiger partial charge in [0.2, 0.25) is 5.76 Å². The van der Waals surface area contributed by atoms with Crippen LogP contribution in [0.2, 0.25) is 0 Å². The summed E-state index contributed by atoms with van der Waals surface area (Å²) in [5, 5.41) is 0.642. The summed E-state index contributed by atoms with van der Waals surface area (Å²) in [7, 11) is 0. The molecule has 2 rings (SSSR count). The smallest absolute Gasteiger partial charge is 0.375 e. The van der Waals surface area contributed by atoms with E-state index in [1.807, 2.05) is 19.1 Å². The van der Waals surface area contributed by atoms with Crippen LogP contribution < -0.4 is 0 Å². The molecule has 0 fully saturated rings. The van der Waals surface area contributed by atoms with Crippen molar-refractivity contribution >= 4 is 23.2 Å². The van der Waals surface area contributed by atoms with Gasteiger partial charge in [-0.3, -0.25) is 4.79 Å². The van der Waals surface area contributed by atoms with Gasteiger partial charge in [-0.25, -0.2) is 4.79 Å². The van der Waals surface area contributed by atoms with E-state index in [-0.39, 0.29) is 17.9 Å². The number of aldehydes is 1. The SMILES string of the molecule is CCOC(=O)c1oc2c(C)cccc2c1C=O. The molecule has 1 heterocycles. The molecule has 1 aromatic carbocycles. The Morgan fingerprint density at radius 1 is 1.47 bits per heavy atom. The van der Waals surface area contributed by atoms with Crippen molar-refractivity contribution in [1.29, 1.82) is 0 Å². The van der Waals surface area contributed by atoms with Crippen LogP contribution in [-0.4, -0.2) is 18.9 Å². The fourth-order valence-corrected chi connectivity index (χ4v) is 1.74. The molecule has 0 amide bonds. The second-order valence-corrected chi connectivity index (χ2v) is 3.63. The minimum atomic E-state index is -0.606. The fraction of sp³-hybridized carbons (Fsp3) is 0.231. The predicted molar refractivity (Wildman–Crippen MR) is 62.3 cm³/mol. The molecule has 0 spiro atoms. The van der Waals surface area contributed by atoms with E-state index in [2.05, 4.69) is 0 Å². The monoisotopic (exact) mass is 232 g/mol. The second kappa shape index (κ2) is 4.41. The third-order valence-electron chi connectivity index (χ3n) is 2.53. The lowest BCUT2D eigenvalue weighted by Gasteiger charge is -1.97. The highest BCUT2D eigenvalue weighted by molar-refractivity contribution is 6.06. The molecule has 4 nitrogen and oxygen atoms in total. The zero-order valence-corrected chi connectivity index (χ0v) is 9.65. The number of hydrogen-bond acceptors (Lipinski definition) is 4. The van der Waals surface area contributed by atoms with Crippen molar-refractivity contribution in [3.8, 4) is 0 Å². The standard InChI is InChI=1S/C13H12O4/c1-3-16-13(15)12-10(7-14)9-6-4-5-8(2)11(9)17-12/h4-7H,3H2,1-2H3. The van der Waals surface area contributed by atoms with Crippen molar-refractivity contribution in [2.45, 2.75) is 13.8 Å². The highest BCUT2D eigenvalue weighted by Crippen LogP contribution is 2.27. The maximum Gasteiger partial charge on any atom is 0.375 e. The number of furan rings is 1. The van der Waals surface area contributed by atoms with Gasteiger partial charge in [0, 0.05) is 5.39 Å². The molecule has 0 aliphatic carbocycles. The number of para-hydroxylation sites is 1. The van der Waals surface area contributed by atoms with Gasteiger partial charge in [-0.2, -0.15) is 0 Å². The average molecular weight is 232 g/mol. The Hall–Kier alpha value is -2.10. The van der Waals surface area contributed by atoms with Crippen LogP contribution in [0.25, 0.3) is 11.0 Å². The molecule has 17 heavy (non-hydrogen) atoms. The molecule has 4 heteroatoms. The van der Waals surface area contributed by atoms with Gasteiger partial charge in [0.05, 0.1) is 12.2 Å². The van der Waals surface area contributed by atoms with Gasteiger partial charge in [-0.05, 0) is 19.4 Å². The highest BCUT2D eigenvalue weighted by Gasteiger charge is 2.21. The Balaban J connectivity index is 2.68. The summed E-state index contributed by atoms with van der Waals surface area (Å²) in [5.74, 6) is -0.628. The molecule has 0 bridgehead atoms. The van der Waals surface area contributed by atoms with Crippen LogP contribution in [0.4, 0.5) is 0 Å². The summed E-state index contributed by atoms with van der Waals surface area (Å²) < 4.78 is 10.3. The third kappa shape index (κ3) is 1.82.